The molecule has 0 saturated heterocycles. The van der Waals surface area contributed by atoms with Crippen molar-refractivity contribution in [2.75, 3.05) is 20.8 Å². The zero-order chi connectivity index (χ0) is 23.7. The molecule has 0 aromatic heterocycles. The highest BCUT2D eigenvalue weighted by Gasteiger charge is 2.64. The zero-order valence-electron chi connectivity index (χ0n) is 18.2. The Balaban J connectivity index is 2.24. The van der Waals surface area contributed by atoms with Gasteiger partial charge in [-0.1, -0.05) is 12.1 Å². The van der Waals surface area contributed by atoms with Crippen LogP contribution in [0.4, 0.5) is 13.2 Å². The quantitative estimate of drug-likeness (QED) is 0.620. The Morgan fingerprint density at radius 3 is 2.41 bits per heavy atom. The Hall–Kier alpha value is -3.09. The van der Waals surface area contributed by atoms with Crippen molar-refractivity contribution >= 4 is 5.97 Å². The number of benzene rings is 2. The zero-order valence-corrected chi connectivity index (χ0v) is 18.2. The van der Waals surface area contributed by atoms with Crippen LogP contribution in [0.1, 0.15) is 33.4 Å². The molecule has 0 radical (unpaired) electrons. The largest absolute Gasteiger partial charge is 0.496 e. The molecule has 0 spiro atoms. The average molecular weight is 448 g/mol. The molecule has 2 aromatic rings. The molecule has 0 bridgehead atoms. The van der Waals surface area contributed by atoms with E-state index in [0.29, 0.717) is 22.3 Å². The van der Waals surface area contributed by atoms with Crippen molar-refractivity contribution in [2.24, 2.45) is 0 Å². The molecule has 9 heteroatoms. The van der Waals surface area contributed by atoms with Crippen molar-refractivity contribution in [3.8, 4) is 11.8 Å². The summed E-state index contributed by atoms with van der Waals surface area (Å²) in [5, 5.41) is 9.17. The summed E-state index contributed by atoms with van der Waals surface area (Å²) < 4.78 is 60.4. The number of esters is 1. The van der Waals surface area contributed by atoms with E-state index in [1.807, 2.05) is 6.07 Å². The SMILES string of the molecule is COC(=O)COC(c1c(C)cc(C)cc1OC)(N1Cc2ccc(C#N)cc2C1)C(F)(F)F. The summed E-state index contributed by atoms with van der Waals surface area (Å²) in [5.74, 6) is -0.941. The van der Waals surface area contributed by atoms with Gasteiger partial charge in [0.05, 0.1) is 31.4 Å². The Bertz CT molecular complexity index is 1080. The lowest BCUT2D eigenvalue weighted by Gasteiger charge is -2.43. The monoisotopic (exact) mass is 448 g/mol. The standard InChI is InChI=1S/C23H23F3N2O4/c1-14-7-15(2)21(19(8-14)30-3)22(23(24,25)26,32-13-20(29)31-4)28-11-17-6-5-16(10-27)9-18(17)12-28/h5-9H,11-13H2,1-4H3. The summed E-state index contributed by atoms with van der Waals surface area (Å²) in [6.07, 6.45) is -4.95. The predicted octanol–water partition coefficient (Wildman–Crippen LogP) is 4.10. The third kappa shape index (κ3) is 4.04. The number of aryl methyl sites for hydroxylation is 2. The van der Waals surface area contributed by atoms with Crippen molar-refractivity contribution in [3.63, 3.8) is 0 Å². The summed E-state index contributed by atoms with van der Waals surface area (Å²) in [4.78, 5) is 12.9. The summed E-state index contributed by atoms with van der Waals surface area (Å²) in [7, 11) is 2.37. The van der Waals surface area contributed by atoms with E-state index in [4.69, 9.17) is 14.7 Å². The maximum atomic E-state index is 15.0. The van der Waals surface area contributed by atoms with Gasteiger partial charge in [0.2, 0.25) is 0 Å². The molecule has 1 heterocycles. The van der Waals surface area contributed by atoms with Crippen LogP contribution >= 0.6 is 0 Å². The molecule has 32 heavy (non-hydrogen) atoms. The fourth-order valence-corrected chi connectivity index (χ4v) is 4.16. The normalized spacial score (nSPS) is 15.6. The summed E-state index contributed by atoms with van der Waals surface area (Å²) >= 11 is 0. The minimum atomic E-state index is -4.95. The number of alkyl halides is 3. The molecule has 6 nitrogen and oxygen atoms in total. The third-order valence-electron chi connectivity index (χ3n) is 5.52. The van der Waals surface area contributed by atoms with Crippen LogP contribution in [0.15, 0.2) is 30.3 Å². The number of halogens is 3. The lowest BCUT2D eigenvalue weighted by Crippen LogP contribution is -2.57. The number of rotatable bonds is 6. The minimum Gasteiger partial charge on any atom is -0.496 e. The van der Waals surface area contributed by atoms with E-state index in [1.54, 1.807) is 38.1 Å². The maximum Gasteiger partial charge on any atom is 0.436 e. The Labute approximate surface area is 184 Å². The first-order valence-electron chi connectivity index (χ1n) is 9.77. The van der Waals surface area contributed by atoms with Crippen LogP contribution < -0.4 is 4.74 Å². The lowest BCUT2D eigenvalue weighted by atomic mass is 9.92. The number of hydrogen-bond acceptors (Lipinski definition) is 6. The smallest absolute Gasteiger partial charge is 0.436 e. The number of nitriles is 1. The van der Waals surface area contributed by atoms with Gasteiger partial charge in [0.15, 0.2) is 0 Å². The maximum absolute atomic E-state index is 15.0. The Morgan fingerprint density at radius 1 is 1.12 bits per heavy atom. The van der Waals surface area contributed by atoms with Gasteiger partial charge in [-0.25, -0.2) is 4.79 Å². The van der Waals surface area contributed by atoms with Crippen LogP contribution in [-0.2, 0) is 33.1 Å². The highest BCUT2D eigenvalue weighted by Crippen LogP contribution is 2.52. The number of nitrogens with zero attached hydrogens (tertiary/aromatic N) is 2. The molecule has 1 atom stereocenters. The molecule has 0 N–H and O–H groups in total. The fourth-order valence-electron chi connectivity index (χ4n) is 4.16. The van der Waals surface area contributed by atoms with Gasteiger partial charge >= 0.3 is 12.1 Å². The van der Waals surface area contributed by atoms with Crippen LogP contribution in [0.2, 0.25) is 0 Å². The molecule has 0 aliphatic carbocycles. The van der Waals surface area contributed by atoms with Gasteiger partial charge in [0, 0.05) is 13.1 Å². The molecule has 2 aromatic carbocycles. The van der Waals surface area contributed by atoms with Gasteiger partial charge in [-0.2, -0.15) is 18.4 Å². The lowest BCUT2D eigenvalue weighted by molar-refractivity contribution is -0.343. The molecule has 0 saturated carbocycles. The Morgan fingerprint density at radius 2 is 1.81 bits per heavy atom. The summed E-state index contributed by atoms with van der Waals surface area (Å²) in [6, 6.07) is 9.87. The number of hydrogen-bond donors (Lipinski definition) is 0. The molecule has 170 valence electrons. The number of carbonyl (C=O) groups is 1. The van der Waals surface area contributed by atoms with Crippen molar-refractivity contribution in [1.29, 1.82) is 5.26 Å². The number of carbonyl (C=O) groups excluding carboxylic acids is 1. The van der Waals surface area contributed by atoms with Crippen LogP contribution in [0.5, 0.6) is 5.75 Å². The second-order valence-corrected chi connectivity index (χ2v) is 7.62. The first-order chi connectivity index (χ1) is 15.1. The Kier molecular flexibility index (Phi) is 6.49. The van der Waals surface area contributed by atoms with E-state index in [2.05, 4.69) is 4.74 Å². The van der Waals surface area contributed by atoms with E-state index < -0.39 is 24.5 Å². The number of ether oxygens (including phenoxy) is 3. The molecule has 3 rings (SSSR count). The molecule has 0 amide bonds. The highest BCUT2D eigenvalue weighted by atomic mass is 19.4. The van der Waals surface area contributed by atoms with Crippen LogP contribution in [0.25, 0.3) is 0 Å². The number of fused-ring (bicyclic) bond motifs is 1. The van der Waals surface area contributed by atoms with Crippen molar-refractivity contribution in [1.82, 2.24) is 4.90 Å². The molecule has 1 aliphatic rings. The first-order valence-corrected chi connectivity index (χ1v) is 9.77. The van der Waals surface area contributed by atoms with E-state index in [1.165, 1.54) is 13.2 Å². The summed E-state index contributed by atoms with van der Waals surface area (Å²) in [6.45, 7) is 2.14. The third-order valence-corrected chi connectivity index (χ3v) is 5.52. The van der Waals surface area contributed by atoms with Crippen molar-refractivity contribution in [3.05, 3.63) is 63.7 Å². The second-order valence-electron chi connectivity index (χ2n) is 7.62. The molecule has 1 aliphatic heterocycles. The van der Waals surface area contributed by atoms with E-state index in [0.717, 1.165) is 17.6 Å². The topological polar surface area (TPSA) is 71.8 Å². The van der Waals surface area contributed by atoms with E-state index in [-0.39, 0.29) is 24.4 Å². The van der Waals surface area contributed by atoms with Gasteiger partial charge < -0.3 is 14.2 Å². The minimum absolute atomic E-state index is 0.00152. The van der Waals surface area contributed by atoms with Gasteiger partial charge in [0.1, 0.15) is 12.4 Å². The molecular weight excluding hydrogens is 425 g/mol. The fraction of sp³-hybridized carbons (Fsp3) is 0.391. The van der Waals surface area contributed by atoms with Gasteiger partial charge in [-0.3, -0.25) is 4.90 Å². The van der Waals surface area contributed by atoms with Crippen LogP contribution in [0.3, 0.4) is 0 Å². The molecule has 0 fully saturated rings. The van der Waals surface area contributed by atoms with Crippen LogP contribution in [0, 0.1) is 25.2 Å². The van der Waals surface area contributed by atoms with Crippen molar-refractivity contribution < 1.29 is 32.2 Å². The molecular formula is C23H23F3N2O4. The first kappa shape index (κ1) is 23.6. The second kappa shape index (κ2) is 8.81. The van der Waals surface area contributed by atoms with Gasteiger partial charge in [-0.15, -0.1) is 0 Å². The molecule has 1 unspecified atom stereocenters. The van der Waals surface area contributed by atoms with E-state index in [9.17, 15) is 4.79 Å². The van der Waals surface area contributed by atoms with Gasteiger partial charge in [0.25, 0.3) is 5.72 Å². The van der Waals surface area contributed by atoms with Gasteiger partial charge in [-0.05, 0) is 54.3 Å². The van der Waals surface area contributed by atoms with Crippen LogP contribution in [-0.4, -0.2) is 37.9 Å². The number of methoxy groups -OCH3 is 2. The predicted molar refractivity (Wildman–Crippen MR) is 109 cm³/mol. The van der Waals surface area contributed by atoms with E-state index >= 15 is 13.2 Å². The summed E-state index contributed by atoms with van der Waals surface area (Å²) in [5.41, 5.74) is -0.617. The highest BCUT2D eigenvalue weighted by molar-refractivity contribution is 5.70. The van der Waals surface area contributed by atoms with Crippen molar-refractivity contribution in [2.45, 2.75) is 38.8 Å². The average Bonchev–Trinajstić information content (AvgIpc) is 3.16.